The number of urea groups is 1. The van der Waals surface area contributed by atoms with Gasteiger partial charge < -0.3 is 20.5 Å². The third-order valence-electron chi connectivity index (χ3n) is 3.13. The average Bonchev–Trinajstić information content (AvgIpc) is 3.30. The molecular weight excluding hydrogens is 270 g/mol. The molecule has 0 spiro atoms. The standard InChI is InChI=1S/C15H19N3O3/c16-7-11-3-5-13(6-4-11)18-15(20)17-8-14(19)10-21-9-12-1-2-12/h3-6,12,14,19H,1-2,8-10H2,(H2,17,18,20). The zero-order valence-corrected chi connectivity index (χ0v) is 11.7. The molecule has 2 amide bonds. The molecule has 1 aromatic rings. The molecule has 1 aliphatic rings. The molecule has 1 unspecified atom stereocenters. The van der Waals surface area contributed by atoms with Gasteiger partial charge in [0.2, 0.25) is 0 Å². The molecule has 21 heavy (non-hydrogen) atoms. The van der Waals surface area contributed by atoms with E-state index in [4.69, 9.17) is 10.00 Å². The smallest absolute Gasteiger partial charge is 0.319 e. The van der Waals surface area contributed by atoms with Crippen molar-refractivity contribution in [3.8, 4) is 6.07 Å². The first-order valence-corrected chi connectivity index (χ1v) is 6.98. The predicted octanol–water partition coefficient (Wildman–Crippen LogP) is 1.47. The lowest BCUT2D eigenvalue weighted by atomic mass is 10.2. The Bertz CT molecular complexity index is 506. The molecule has 112 valence electrons. The molecule has 3 N–H and O–H groups in total. The van der Waals surface area contributed by atoms with Gasteiger partial charge in [-0.05, 0) is 43.0 Å². The summed E-state index contributed by atoms with van der Waals surface area (Å²) in [6, 6.07) is 8.14. The molecular formula is C15H19N3O3. The van der Waals surface area contributed by atoms with Gasteiger partial charge in [-0.25, -0.2) is 4.79 Å². The van der Waals surface area contributed by atoms with Crippen LogP contribution >= 0.6 is 0 Å². The van der Waals surface area contributed by atoms with Crippen molar-refractivity contribution in [2.24, 2.45) is 5.92 Å². The Morgan fingerprint density at radius 3 is 2.76 bits per heavy atom. The van der Waals surface area contributed by atoms with E-state index in [9.17, 15) is 9.90 Å². The van der Waals surface area contributed by atoms with Crippen molar-refractivity contribution in [2.75, 3.05) is 25.1 Å². The molecule has 1 aliphatic carbocycles. The highest BCUT2D eigenvalue weighted by Crippen LogP contribution is 2.28. The first kappa shape index (κ1) is 15.3. The van der Waals surface area contributed by atoms with Crippen molar-refractivity contribution in [1.82, 2.24) is 5.32 Å². The van der Waals surface area contributed by atoms with E-state index in [0.29, 0.717) is 23.8 Å². The second-order valence-corrected chi connectivity index (χ2v) is 5.16. The predicted molar refractivity (Wildman–Crippen MR) is 77.7 cm³/mol. The molecule has 0 aliphatic heterocycles. The summed E-state index contributed by atoms with van der Waals surface area (Å²) in [5.41, 5.74) is 1.12. The largest absolute Gasteiger partial charge is 0.389 e. The molecule has 0 aromatic heterocycles. The molecule has 1 saturated carbocycles. The van der Waals surface area contributed by atoms with Gasteiger partial charge in [0, 0.05) is 18.8 Å². The Balaban J connectivity index is 1.62. The van der Waals surface area contributed by atoms with E-state index in [1.54, 1.807) is 24.3 Å². The van der Waals surface area contributed by atoms with Gasteiger partial charge in [-0.2, -0.15) is 5.26 Å². The van der Waals surface area contributed by atoms with Gasteiger partial charge in [0.25, 0.3) is 0 Å². The fraction of sp³-hybridized carbons (Fsp3) is 0.467. The van der Waals surface area contributed by atoms with Crippen LogP contribution < -0.4 is 10.6 Å². The van der Waals surface area contributed by atoms with E-state index in [-0.39, 0.29) is 13.2 Å². The Morgan fingerprint density at radius 2 is 2.14 bits per heavy atom. The number of aliphatic hydroxyl groups is 1. The third-order valence-corrected chi connectivity index (χ3v) is 3.13. The van der Waals surface area contributed by atoms with Gasteiger partial charge in [0.15, 0.2) is 0 Å². The molecule has 0 radical (unpaired) electrons. The highest BCUT2D eigenvalue weighted by Gasteiger charge is 2.21. The van der Waals surface area contributed by atoms with Crippen LogP contribution in [0.1, 0.15) is 18.4 Å². The maximum Gasteiger partial charge on any atom is 0.319 e. The van der Waals surface area contributed by atoms with E-state index >= 15 is 0 Å². The number of hydrogen-bond donors (Lipinski definition) is 3. The molecule has 0 heterocycles. The van der Waals surface area contributed by atoms with Crippen LogP contribution in [-0.4, -0.2) is 37.0 Å². The fourth-order valence-electron chi connectivity index (χ4n) is 1.73. The molecule has 2 rings (SSSR count). The van der Waals surface area contributed by atoms with Crippen LogP contribution in [0.25, 0.3) is 0 Å². The number of aliphatic hydroxyl groups excluding tert-OH is 1. The SMILES string of the molecule is N#Cc1ccc(NC(=O)NCC(O)COCC2CC2)cc1. The van der Waals surface area contributed by atoms with E-state index in [0.717, 1.165) is 0 Å². The van der Waals surface area contributed by atoms with E-state index in [1.807, 2.05) is 6.07 Å². The molecule has 1 atom stereocenters. The Kier molecular flexibility index (Phi) is 5.55. The normalized spacial score (nSPS) is 15.0. The first-order chi connectivity index (χ1) is 10.2. The van der Waals surface area contributed by atoms with Crippen molar-refractivity contribution in [2.45, 2.75) is 18.9 Å². The van der Waals surface area contributed by atoms with Gasteiger partial charge >= 0.3 is 6.03 Å². The van der Waals surface area contributed by atoms with Crippen LogP contribution in [0.2, 0.25) is 0 Å². The summed E-state index contributed by atoms with van der Waals surface area (Å²) in [6.45, 7) is 1.05. The van der Waals surface area contributed by atoms with Crippen LogP contribution in [0.15, 0.2) is 24.3 Å². The summed E-state index contributed by atoms with van der Waals surface area (Å²) in [4.78, 5) is 11.6. The van der Waals surface area contributed by atoms with E-state index in [2.05, 4.69) is 10.6 Å². The van der Waals surface area contributed by atoms with Gasteiger partial charge in [0.05, 0.1) is 24.3 Å². The zero-order chi connectivity index (χ0) is 15.1. The number of hydrogen-bond acceptors (Lipinski definition) is 4. The molecule has 1 fully saturated rings. The Morgan fingerprint density at radius 1 is 1.43 bits per heavy atom. The van der Waals surface area contributed by atoms with E-state index in [1.165, 1.54) is 12.8 Å². The highest BCUT2D eigenvalue weighted by molar-refractivity contribution is 5.89. The van der Waals surface area contributed by atoms with Crippen LogP contribution in [0.3, 0.4) is 0 Å². The molecule has 1 aromatic carbocycles. The number of carbonyl (C=O) groups excluding carboxylic acids is 1. The lowest BCUT2D eigenvalue weighted by molar-refractivity contribution is 0.0339. The quantitative estimate of drug-likeness (QED) is 0.708. The summed E-state index contributed by atoms with van der Waals surface area (Å²) < 4.78 is 5.34. The maximum atomic E-state index is 11.6. The van der Waals surface area contributed by atoms with Gasteiger partial charge in [-0.15, -0.1) is 0 Å². The monoisotopic (exact) mass is 289 g/mol. The van der Waals surface area contributed by atoms with Crippen molar-refractivity contribution >= 4 is 11.7 Å². The molecule has 6 nitrogen and oxygen atoms in total. The van der Waals surface area contributed by atoms with Gasteiger partial charge in [-0.1, -0.05) is 0 Å². The lowest BCUT2D eigenvalue weighted by Gasteiger charge is -2.13. The number of benzene rings is 1. The highest BCUT2D eigenvalue weighted by atomic mass is 16.5. The summed E-state index contributed by atoms with van der Waals surface area (Å²) in [5.74, 6) is 0.657. The van der Waals surface area contributed by atoms with Gasteiger partial charge in [-0.3, -0.25) is 0 Å². The lowest BCUT2D eigenvalue weighted by Crippen LogP contribution is -2.37. The van der Waals surface area contributed by atoms with Crippen molar-refractivity contribution in [1.29, 1.82) is 5.26 Å². The number of nitrogens with one attached hydrogen (secondary N) is 2. The molecule has 6 heteroatoms. The van der Waals surface area contributed by atoms with Crippen LogP contribution in [0.4, 0.5) is 10.5 Å². The second kappa shape index (κ2) is 7.62. The van der Waals surface area contributed by atoms with Crippen LogP contribution in [0.5, 0.6) is 0 Å². The fourth-order valence-corrected chi connectivity index (χ4v) is 1.73. The summed E-state index contributed by atoms with van der Waals surface area (Å²) in [5, 5.41) is 23.5. The van der Waals surface area contributed by atoms with Crippen LogP contribution in [0, 0.1) is 17.2 Å². The average molecular weight is 289 g/mol. The minimum atomic E-state index is -0.713. The van der Waals surface area contributed by atoms with Gasteiger partial charge in [0.1, 0.15) is 0 Å². The molecule has 0 bridgehead atoms. The summed E-state index contributed by atoms with van der Waals surface area (Å²) in [6.07, 6.45) is 1.71. The third kappa shape index (κ3) is 5.81. The Hall–Kier alpha value is -2.10. The number of amides is 2. The minimum absolute atomic E-state index is 0.132. The Labute approximate surface area is 123 Å². The zero-order valence-electron chi connectivity index (χ0n) is 11.7. The number of nitrogens with zero attached hydrogens (tertiary/aromatic N) is 1. The molecule has 0 saturated heterocycles. The number of anilines is 1. The topological polar surface area (TPSA) is 94.4 Å². The van der Waals surface area contributed by atoms with Crippen molar-refractivity contribution < 1.29 is 14.6 Å². The van der Waals surface area contributed by atoms with Crippen molar-refractivity contribution in [3.05, 3.63) is 29.8 Å². The first-order valence-electron chi connectivity index (χ1n) is 6.98. The van der Waals surface area contributed by atoms with Crippen molar-refractivity contribution in [3.63, 3.8) is 0 Å². The number of rotatable bonds is 7. The number of ether oxygens (including phenoxy) is 1. The van der Waals surface area contributed by atoms with E-state index < -0.39 is 12.1 Å². The minimum Gasteiger partial charge on any atom is -0.389 e. The maximum absolute atomic E-state index is 11.6. The number of carbonyl (C=O) groups is 1. The summed E-state index contributed by atoms with van der Waals surface area (Å²) >= 11 is 0. The van der Waals surface area contributed by atoms with Crippen LogP contribution in [-0.2, 0) is 4.74 Å². The summed E-state index contributed by atoms with van der Waals surface area (Å²) in [7, 11) is 0. The second-order valence-electron chi connectivity index (χ2n) is 5.16. The number of nitriles is 1.